The smallest absolute Gasteiger partial charge is 0.313 e. The zero-order chi connectivity index (χ0) is 20.6. The molecule has 2 aromatic rings. The molecular weight excluding hydrogens is 370 g/mol. The molecule has 3 amide bonds. The second-order valence-electron chi connectivity index (χ2n) is 7.02. The lowest BCUT2D eigenvalue weighted by Gasteiger charge is -2.13. The summed E-state index contributed by atoms with van der Waals surface area (Å²) in [7, 11) is 0. The molecule has 152 valence electrons. The van der Waals surface area contributed by atoms with E-state index in [1.54, 1.807) is 24.3 Å². The van der Waals surface area contributed by atoms with Gasteiger partial charge in [-0.1, -0.05) is 42.0 Å². The van der Waals surface area contributed by atoms with Crippen molar-refractivity contribution in [3.05, 3.63) is 65.2 Å². The van der Waals surface area contributed by atoms with E-state index >= 15 is 0 Å². The number of carbonyl (C=O) groups excluding carboxylic acids is 3. The Balaban J connectivity index is 1.57. The van der Waals surface area contributed by atoms with Gasteiger partial charge in [0.1, 0.15) is 0 Å². The van der Waals surface area contributed by atoms with E-state index < -0.39 is 11.8 Å². The summed E-state index contributed by atoms with van der Waals surface area (Å²) >= 11 is 0. The Hall–Kier alpha value is -3.19. The summed E-state index contributed by atoms with van der Waals surface area (Å²) in [5.74, 6) is -1.90. The van der Waals surface area contributed by atoms with Crippen molar-refractivity contribution in [2.75, 3.05) is 18.5 Å². The molecule has 0 unspecified atom stereocenters. The summed E-state index contributed by atoms with van der Waals surface area (Å²) in [6.45, 7) is 3.33. The van der Waals surface area contributed by atoms with E-state index in [1.807, 2.05) is 31.2 Å². The van der Waals surface area contributed by atoms with Gasteiger partial charge in [0.2, 0.25) is 0 Å². The first-order valence-electron chi connectivity index (χ1n) is 9.66. The average Bonchev–Trinajstić information content (AvgIpc) is 3.24. The van der Waals surface area contributed by atoms with E-state index in [1.165, 1.54) is 0 Å². The normalized spacial score (nSPS) is 15.6. The zero-order valence-electron chi connectivity index (χ0n) is 16.4. The van der Waals surface area contributed by atoms with Crippen LogP contribution in [0.25, 0.3) is 0 Å². The minimum Gasteiger partial charge on any atom is -0.376 e. The largest absolute Gasteiger partial charge is 0.376 e. The lowest BCUT2D eigenvalue weighted by molar-refractivity contribution is -0.136. The molecular formula is C22H25N3O4. The monoisotopic (exact) mass is 395 g/mol. The van der Waals surface area contributed by atoms with Gasteiger partial charge in [0, 0.05) is 19.7 Å². The molecule has 29 heavy (non-hydrogen) atoms. The number of carbonyl (C=O) groups is 3. The Morgan fingerprint density at radius 2 is 1.86 bits per heavy atom. The van der Waals surface area contributed by atoms with Crippen LogP contribution >= 0.6 is 0 Å². The van der Waals surface area contributed by atoms with Crippen molar-refractivity contribution in [2.24, 2.45) is 0 Å². The van der Waals surface area contributed by atoms with E-state index in [2.05, 4.69) is 16.0 Å². The molecule has 1 heterocycles. The lowest BCUT2D eigenvalue weighted by Crippen LogP contribution is -2.39. The molecule has 1 aliphatic rings. The third-order valence-electron chi connectivity index (χ3n) is 4.68. The summed E-state index contributed by atoms with van der Waals surface area (Å²) in [5, 5.41) is 7.93. The maximum Gasteiger partial charge on any atom is 0.313 e. The maximum absolute atomic E-state index is 12.6. The highest BCUT2D eigenvalue weighted by atomic mass is 16.5. The van der Waals surface area contributed by atoms with Crippen molar-refractivity contribution >= 4 is 23.4 Å². The summed E-state index contributed by atoms with van der Waals surface area (Å²) in [5.41, 5.74) is 2.67. The Morgan fingerprint density at radius 3 is 2.62 bits per heavy atom. The highest BCUT2D eigenvalue weighted by Crippen LogP contribution is 2.15. The van der Waals surface area contributed by atoms with Crippen LogP contribution in [0.3, 0.4) is 0 Å². The second-order valence-corrected chi connectivity index (χ2v) is 7.02. The Bertz CT molecular complexity index is 891. The Morgan fingerprint density at radius 1 is 1.03 bits per heavy atom. The van der Waals surface area contributed by atoms with Gasteiger partial charge in [-0.3, -0.25) is 14.4 Å². The van der Waals surface area contributed by atoms with Crippen molar-refractivity contribution < 1.29 is 19.1 Å². The van der Waals surface area contributed by atoms with Crippen LogP contribution in [0.5, 0.6) is 0 Å². The molecule has 7 nitrogen and oxygen atoms in total. The first-order valence-corrected chi connectivity index (χ1v) is 9.66. The van der Waals surface area contributed by atoms with Crippen LogP contribution in [0.15, 0.2) is 48.5 Å². The Kier molecular flexibility index (Phi) is 6.97. The third-order valence-corrected chi connectivity index (χ3v) is 4.68. The molecule has 0 radical (unpaired) electrons. The van der Waals surface area contributed by atoms with Gasteiger partial charge >= 0.3 is 11.8 Å². The van der Waals surface area contributed by atoms with Crippen LogP contribution in [0.2, 0.25) is 0 Å². The fraction of sp³-hybridized carbons (Fsp3) is 0.318. The quantitative estimate of drug-likeness (QED) is 0.653. The van der Waals surface area contributed by atoms with Crippen LogP contribution in [0.4, 0.5) is 5.69 Å². The van der Waals surface area contributed by atoms with Crippen LogP contribution in [-0.4, -0.2) is 37.0 Å². The molecule has 1 aliphatic heterocycles. The number of benzene rings is 2. The van der Waals surface area contributed by atoms with E-state index in [4.69, 9.17) is 4.74 Å². The molecule has 1 saturated heterocycles. The van der Waals surface area contributed by atoms with E-state index in [9.17, 15) is 14.4 Å². The summed E-state index contributed by atoms with van der Waals surface area (Å²) in [6, 6.07) is 14.4. The van der Waals surface area contributed by atoms with Gasteiger partial charge in [-0.2, -0.15) is 0 Å². The summed E-state index contributed by atoms with van der Waals surface area (Å²) < 4.78 is 5.42. The van der Waals surface area contributed by atoms with Gasteiger partial charge in [0.25, 0.3) is 5.91 Å². The molecule has 1 fully saturated rings. The zero-order valence-corrected chi connectivity index (χ0v) is 16.4. The molecule has 0 bridgehead atoms. The summed E-state index contributed by atoms with van der Waals surface area (Å²) in [6.07, 6.45) is 1.77. The van der Waals surface area contributed by atoms with E-state index in [-0.39, 0.29) is 17.7 Å². The fourth-order valence-corrected chi connectivity index (χ4v) is 3.16. The van der Waals surface area contributed by atoms with Crippen molar-refractivity contribution in [2.45, 2.75) is 32.4 Å². The second kappa shape index (κ2) is 9.84. The first-order chi connectivity index (χ1) is 14.0. The van der Waals surface area contributed by atoms with Gasteiger partial charge in [0.15, 0.2) is 0 Å². The molecule has 3 rings (SSSR count). The fourth-order valence-electron chi connectivity index (χ4n) is 3.16. The number of aryl methyl sites for hydroxylation is 1. The van der Waals surface area contributed by atoms with Crippen molar-refractivity contribution in [3.63, 3.8) is 0 Å². The average molecular weight is 395 g/mol. The predicted molar refractivity (Wildman–Crippen MR) is 109 cm³/mol. The molecule has 0 aliphatic carbocycles. The molecule has 0 saturated carbocycles. The third kappa shape index (κ3) is 5.89. The summed E-state index contributed by atoms with van der Waals surface area (Å²) in [4.78, 5) is 36.9. The number of rotatable bonds is 6. The number of ether oxygens (including phenoxy) is 1. The van der Waals surface area contributed by atoms with Gasteiger partial charge in [-0.25, -0.2) is 0 Å². The van der Waals surface area contributed by atoms with E-state index in [0.717, 1.165) is 24.0 Å². The van der Waals surface area contributed by atoms with Crippen molar-refractivity contribution in [1.29, 1.82) is 0 Å². The van der Waals surface area contributed by atoms with Crippen LogP contribution in [0, 0.1) is 6.92 Å². The molecule has 2 aromatic carbocycles. The lowest BCUT2D eigenvalue weighted by atomic mass is 10.1. The standard InChI is InChI=1S/C22H25N3O4/c1-15-6-4-7-16(12-15)13-23-20(26)18-9-2-3-10-19(18)25-22(28)21(27)24-14-17-8-5-11-29-17/h2-4,6-7,9-10,12,17H,5,8,11,13-14H2,1H3,(H,23,26)(H,24,27)(H,25,28)/t17-/m0/s1. The number of para-hydroxylation sites is 1. The topological polar surface area (TPSA) is 96.5 Å². The van der Waals surface area contributed by atoms with E-state index in [0.29, 0.717) is 25.3 Å². The minimum atomic E-state index is -0.818. The van der Waals surface area contributed by atoms with Crippen LogP contribution < -0.4 is 16.0 Å². The molecule has 0 aromatic heterocycles. The molecule has 7 heteroatoms. The molecule has 0 spiro atoms. The van der Waals surface area contributed by atoms with Crippen LogP contribution in [-0.2, 0) is 20.9 Å². The van der Waals surface area contributed by atoms with Gasteiger partial charge in [0.05, 0.1) is 17.4 Å². The van der Waals surface area contributed by atoms with Gasteiger partial charge in [-0.05, 0) is 37.5 Å². The minimum absolute atomic E-state index is 0.0496. The number of hydrogen-bond acceptors (Lipinski definition) is 4. The van der Waals surface area contributed by atoms with Crippen LogP contribution in [0.1, 0.15) is 34.3 Å². The highest BCUT2D eigenvalue weighted by molar-refractivity contribution is 6.40. The number of amides is 3. The number of anilines is 1. The van der Waals surface area contributed by atoms with Crippen molar-refractivity contribution in [1.82, 2.24) is 10.6 Å². The highest BCUT2D eigenvalue weighted by Gasteiger charge is 2.21. The SMILES string of the molecule is Cc1cccc(CNC(=O)c2ccccc2NC(=O)C(=O)NC[C@@H]2CCCO2)c1. The maximum atomic E-state index is 12.6. The van der Waals surface area contributed by atoms with Gasteiger partial charge in [-0.15, -0.1) is 0 Å². The van der Waals surface area contributed by atoms with Crippen molar-refractivity contribution in [3.8, 4) is 0 Å². The first kappa shape index (κ1) is 20.5. The Labute approximate surface area is 169 Å². The molecule has 3 N–H and O–H groups in total. The molecule has 1 atom stereocenters. The predicted octanol–water partition coefficient (Wildman–Crippen LogP) is 2.16. The van der Waals surface area contributed by atoms with Gasteiger partial charge < -0.3 is 20.7 Å². The number of nitrogens with one attached hydrogen (secondary N) is 3. The number of hydrogen-bond donors (Lipinski definition) is 3.